The minimum Gasteiger partial charge on any atom is -0.453 e. The van der Waals surface area contributed by atoms with Crippen molar-refractivity contribution < 1.29 is 23.8 Å². The lowest BCUT2D eigenvalue weighted by atomic mass is 10.3. The fourth-order valence-corrected chi connectivity index (χ4v) is 1.66. The van der Waals surface area contributed by atoms with Crippen LogP contribution in [0.15, 0.2) is 0 Å². The number of hydrogen-bond donors (Lipinski definition) is 0. The van der Waals surface area contributed by atoms with E-state index in [4.69, 9.17) is 9.47 Å². The smallest absolute Gasteiger partial charge is 0.409 e. The number of rotatable bonds is 5. The highest BCUT2D eigenvalue weighted by Crippen LogP contribution is 2.03. The van der Waals surface area contributed by atoms with Crippen LogP contribution in [-0.4, -0.2) is 82.0 Å². The fraction of sp³-hybridized carbons (Fsp3) is 0.818. The SMILES string of the molecule is COCCOCC(=O)N1CCN(C(=O)OC)CC1. The van der Waals surface area contributed by atoms with Gasteiger partial charge in [0.25, 0.3) is 0 Å². The molecule has 1 saturated heterocycles. The van der Waals surface area contributed by atoms with Crippen molar-refractivity contribution in [2.75, 3.05) is 60.2 Å². The van der Waals surface area contributed by atoms with Crippen molar-refractivity contribution in [2.24, 2.45) is 0 Å². The van der Waals surface area contributed by atoms with Gasteiger partial charge in [-0.05, 0) is 0 Å². The largest absolute Gasteiger partial charge is 0.453 e. The maximum absolute atomic E-state index is 11.7. The summed E-state index contributed by atoms with van der Waals surface area (Å²) in [6.45, 7) is 2.96. The Morgan fingerprint density at radius 1 is 1.00 bits per heavy atom. The summed E-state index contributed by atoms with van der Waals surface area (Å²) in [5.74, 6) is -0.0596. The van der Waals surface area contributed by atoms with E-state index in [9.17, 15) is 9.59 Å². The van der Waals surface area contributed by atoms with Crippen molar-refractivity contribution in [2.45, 2.75) is 0 Å². The maximum atomic E-state index is 11.7. The molecule has 0 aromatic carbocycles. The molecule has 1 aliphatic rings. The van der Waals surface area contributed by atoms with Crippen LogP contribution in [0.1, 0.15) is 0 Å². The summed E-state index contributed by atoms with van der Waals surface area (Å²) in [6, 6.07) is 0. The third-order valence-electron chi connectivity index (χ3n) is 2.72. The maximum Gasteiger partial charge on any atom is 0.409 e. The van der Waals surface area contributed by atoms with Gasteiger partial charge in [-0.3, -0.25) is 4.79 Å². The van der Waals surface area contributed by atoms with Crippen LogP contribution in [0.5, 0.6) is 0 Å². The monoisotopic (exact) mass is 260 g/mol. The molecule has 2 amide bonds. The van der Waals surface area contributed by atoms with Crippen molar-refractivity contribution in [3.63, 3.8) is 0 Å². The zero-order chi connectivity index (χ0) is 13.4. The van der Waals surface area contributed by atoms with Crippen molar-refractivity contribution >= 4 is 12.0 Å². The Labute approximate surface area is 107 Å². The van der Waals surface area contributed by atoms with Gasteiger partial charge in [0, 0.05) is 33.3 Å². The predicted molar refractivity (Wildman–Crippen MR) is 63.3 cm³/mol. The van der Waals surface area contributed by atoms with Gasteiger partial charge in [0.1, 0.15) is 6.61 Å². The van der Waals surface area contributed by atoms with E-state index in [0.717, 1.165) is 0 Å². The van der Waals surface area contributed by atoms with Crippen LogP contribution in [0, 0.1) is 0 Å². The summed E-state index contributed by atoms with van der Waals surface area (Å²) in [6.07, 6.45) is -0.349. The van der Waals surface area contributed by atoms with Crippen molar-refractivity contribution in [3.8, 4) is 0 Å². The molecule has 1 heterocycles. The van der Waals surface area contributed by atoms with E-state index in [0.29, 0.717) is 39.4 Å². The average molecular weight is 260 g/mol. The molecule has 104 valence electrons. The summed E-state index contributed by atoms with van der Waals surface area (Å²) in [7, 11) is 2.93. The molecule has 1 rings (SSSR count). The molecule has 0 bridgehead atoms. The van der Waals surface area contributed by atoms with Crippen LogP contribution in [0.4, 0.5) is 4.79 Å². The van der Waals surface area contributed by atoms with Gasteiger partial charge in [-0.25, -0.2) is 4.79 Å². The van der Waals surface area contributed by atoms with E-state index in [-0.39, 0.29) is 18.6 Å². The minimum absolute atomic E-state index is 0.0571. The number of ether oxygens (including phenoxy) is 3. The molecular weight excluding hydrogens is 240 g/mol. The van der Waals surface area contributed by atoms with Crippen LogP contribution in [0.2, 0.25) is 0 Å². The van der Waals surface area contributed by atoms with Gasteiger partial charge < -0.3 is 24.0 Å². The number of nitrogens with zero attached hydrogens (tertiary/aromatic N) is 2. The van der Waals surface area contributed by atoms with Crippen LogP contribution >= 0.6 is 0 Å². The molecule has 0 aliphatic carbocycles. The molecule has 7 nitrogen and oxygen atoms in total. The van der Waals surface area contributed by atoms with Crippen molar-refractivity contribution in [1.29, 1.82) is 0 Å². The van der Waals surface area contributed by atoms with Crippen molar-refractivity contribution in [3.05, 3.63) is 0 Å². The summed E-state index contributed by atoms with van der Waals surface area (Å²) >= 11 is 0. The van der Waals surface area contributed by atoms with Gasteiger partial charge in [0.15, 0.2) is 0 Å². The Morgan fingerprint density at radius 3 is 2.17 bits per heavy atom. The molecule has 0 aromatic heterocycles. The zero-order valence-electron chi connectivity index (χ0n) is 10.9. The lowest BCUT2D eigenvalue weighted by Crippen LogP contribution is -2.51. The number of hydrogen-bond acceptors (Lipinski definition) is 5. The van der Waals surface area contributed by atoms with Crippen LogP contribution in [0.25, 0.3) is 0 Å². The minimum atomic E-state index is -0.349. The summed E-state index contributed by atoms with van der Waals surface area (Å²) in [5.41, 5.74) is 0. The summed E-state index contributed by atoms with van der Waals surface area (Å²) in [4.78, 5) is 26.2. The highest BCUT2D eigenvalue weighted by atomic mass is 16.5. The first-order valence-electron chi connectivity index (χ1n) is 5.86. The Bertz CT molecular complexity index is 277. The molecule has 0 spiro atoms. The van der Waals surface area contributed by atoms with Crippen LogP contribution < -0.4 is 0 Å². The summed E-state index contributed by atoms with van der Waals surface area (Å²) in [5, 5.41) is 0. The molecule has 0 unspecified atom stereocenters. The molecule has 1 fully saturated rings. The average Bonchev–Trinajstić information content (AvgIpc) is 2.42. The van der Waals surface area contributed by atoms with Gasteiger partial charge in [-0.15, -0.1) is 0 Å². The second-order valence-electron chi connectivity index (χ2n) is 3.88. The van der Waals surface area contributed by atoms with Gasteiger partial charge >= 0.3 is 6.09 Å². The predicted octanol–water partition coefficient (Wildman–Crippen LogP) is -0.440. The first-order chi connectivity index (χ1) is 8.69. The Kier molecular flexibility index (Phi) is 6.45. The highest BCUT2D eigenvalue weighted by molar-refractivity contribution is 5.78. The fourth-order valence-electron chi connectivity index (χ4n) is 1.66. The van der Waals surface area contributed by atoms with E-state index >= 15 is 0 Å². The van der Waals surface area contributed by atoms with Crippen molar-refractivity contribution in [1.82, 2.24) is 9.80 Å². The quantitative estimate of drug-likeness (QED) is 0.627. The second kappa shape index (κ2) is 7.88. The number of carbonyl (C=O) groups is 2. The number of piperazine rings is 1. The Balaban J connectivity index is 2.21. The van der Waals surface area contributed by atoms with Crippen LogP contribution in [0.3, 0.4) is 0 Å². The first-order valence-corrected chi connectivity index (χ1v) is 5.86. The third kappa shape index (κ3) is 4.50. The third-order valence-corrected chi connectivity index (χ3v) is 2.72. The lowest BCUT2D eigenvalue weighted by molar-refractivity contribution is -0.138. The number of methoxy groups -OCH3 is 2. The second-order valence-corrected chi connectivity index (χ2v) is 3.88. The Hall–Kier alpha value is -1.34. The molecule has 18 heavy (non-hydrogen) atoms. The van der Waals surface area contributed by atoms with E-state index < -0.39 is 0 Å². The van der Waals surface area contributed by atoms with Gasteiger partial charge in [-0.1, -0.05) is 0 Å². The summed E-state index contributed by atoms with van der Waals surface area (Å²) < 4.78 is 14.6. The van der Waals surface area contributed by atoms with E-state index in [1.807, 2.05) is 0 Å². The highest BCUT2D eigenvalue weighted by Gasteiger charge is 2.24. The molecular formula is C11H20N2O5. The normalized spacial score (nSPS) is 15.7. The van der Waals surface area contributed by atoms with Gasteiger partial charge in [-0.2, -0.15) is 0 Å². The molecule has 0 saturated carbocycles. The van der Waals surface area contributed by atoms with Gasteiger partial charge in [0.2, 0.25) is 5.91 Å². The van der Waals surface area contributed by atoms with Gasteiger partial charge in [0.05, 0.1) is 20.3 Å². The van der Waals surface area contributed by atoms with E-state index in [2.05, 4.69) is 4.74 Å². The molecule has 0 atom stereocenters. The molecule has 1 aliphatic heterocycles. The van der Waals surface area contributed by atoms with Crippen LogP contribution in [-0.2, 0) is 19.0 Å². The van der Waals surface area contributed by atoms with E-state index in [1.54, 1.807) is 16.9 Å². The number of amides is 2. The lowest BCUT2D eigenvalue weighted by Gasteiger charge is -2.33. The number of carbonyl (C=O) groups excluding carboxylic acids is 2. The van der Waals surface area contributed by atoms with E-state index in [1.165, 1.54) is 7.11 Å². The molecule has 0 radical (unpaired) electrons. The zero-order valence-corrected chi connectivity index (χ0v) is 10.9. The topological polar surface area (TPSA) is 68.3 Å². The standard InChI is InChI=1S/C11H20N2O5/c1-16-7-8-18-9-10(14)12-3-5-13(6-4-12)11(15)17-2/h3-9H2,1-2H3. The molecule has 7 heteroatoms. The molecule has 0 aromatic rings. The first kappa shape index (κ1) is 14.7. The Morgan fingerprint density at radius 2 is 1.61 bits per heavy atom. The molecule has 0 N–H and O–H groups in total.